The summed E-state index contributed by atoms with van der Waals surface area (Å²) in [5, 5.41) is 2.96. The topological polar surface area (TPSA) is 73.9 Å². The average Bonchev–Trinajstić information content (AvgIpc) is 2.77. The van der Waals surface area contributed by atoms with Gasteiger partial charge in [-0.05, 0) is 55.0 Å². The van der Waals surface area contributed by atoms with Crippen molar-refractivity contribution in [3.05, 3.63) is 65.2 Å². The van der Waals surface area contributed by atoms with Crippen molar-refractivity contribution in [2.24, 2.45) is 0 Å². The molecule has 0 aromatic heterocycles. The Bertz CT molecular complexity index is 922. The molecule has 158 valence electrons. The lowest BCUT2D eigenvalue weighted by Crippen LogP contribution is -2.34. The average molecular weight is 409 g/mol. The molecule has 0 fully saturated rings. The van der Waals surface area contributed by atoms with Gasteiger partial charge < -0.3 is 19.5 Å². The first-order valence-electron chi connectivity index (χ1n) is 10.1. The van der Waals surface area contributed by atoms with Gasteiger partial charge in [-0.2, -0.15) is 0 Å². The van der Waals surface area contributed by atoms with Crippen LogP contribution in [-0.4, -0.2) is 32.2 Å². The van der Waals surface area contributed by atoms with Crippen molar-refractivity contribution in [3.8, 4) is 11.5 Å². The maximum atomic E-state index is 12.2. The second-order valence-corrected chi connectivity index (χ2v) is 7.07. The normalized spacial score (nSPS) is 15.3. The molecule has 1 aliphatic rings. The van der Waals surface area contributed by atoms with Gasteiger partial charge >= 0.3 is 5.97 Å². The summed E-state index contributed by atoms with van der Waals surface area (Å²) in [7, 11) is 1.54. The van der Waals surface area contributed by atoms with E-state index >= 15 is 0 Å². The second kappa shape index (κ2) is 10.5. The lowest BCUT2D eigenvalue weighted by molar-refractivity contribution is -0.150. The first-order valence-corrected chi connectivity index (χ1v) is 10.1. The zero-order valence-corrected chi connectivity index (χ0v) is 17.4. The number of aryl methyl sites for hydroxylation is 1. The molecule has 30 heavy (non-hydrogen) atoms. The van der Waals surface area contributed by atoms with Crippen LogP contribution in [0.2, 0.25) is 0 Å². The van der Waals surface area contributed by atoms with Crippen LogP contribution in [0.25, 0.3) is 6.08 Å². The lowest BCUT2D eigenvalue weighted by atomic mass is 9.88. The predicted molar refractivity (Wildman–Crippen MR) is 114 cm³/mol. The number of methoxy groups -OCH3 is 1. The van der Waals surface area contributed by atoms with E-state index in [9.17, 15) is 9.59 Å². The van der Waals surface area contributed by atoms with Gasteiger partial charge in [-0.3, -0.25) is 4.79 Å². The highest BCUT2D eigenvalue weighted by Crippen LogP contribution is 2.30. The molecule has 0 aliphatic heterocycles. The highest BCUT2D eigenvalue weighted by molar-refractivity contribution is 5.81. The lowest BCUT2D eigenvalue weighted by Gasteiger charge is -2.26. The zero-order chi connectivity index (χ0) is 21.3. The van der Waals surface area contributed by atoms with Crippen LogP contribution < -0.4 is 14.8 Å². The third-order valence-corrected chi connectivity index (χ3v) is 4.96. The monoisotopic (exact) mass is 409 g/mol. The summed E-state index contributed by atoms with van der Waals surface area (Å²) in [6.07, 6.45) is 6.77. The molecule has 1 atom stereocenters. The Kier molecular flexibility index (Phi) is 7.49. The fourth-order valence-corrected chi connectivity index (χ4v) is 3.56. The summed E-state index contributed by atoms with van der Waals surface area (Å²) in [5.74, 6) is 0.0187. The largest absolute Gasteiger partial charge is 0.493 e. The molecular weight excluding hydrogens is 382 g/mol. The van der Waals surface area contributed by atoms with Crippen molar-refractivity contribution in [2.45, 2.75) is 32.2 Å². The molecule has 1 amide bonds. The fourth-order valence-electron chi connectivity index (χ4n) is 3.56. The van der Waals surface area contributed by atoms with E-state index < -0.39 is 5.97 Å². The van der Waals surface area contributed by atoms with E-state index in [1.165, 1.54) is 12.7 Å². The molecule has 6 heteroatoms. The molecule has 0 saturated heterocycles. The Morgan fingerprint density at radius 3 is 2.77 bits per heavy atom. The smallest absolute Gasteiger partial charge is 0.344 e. The number of esters is 1. The number of hydrogen-bond donors (Lipinski definition) is 1. The number of carbonyl (C=O) groups is 2. The molecule has 1 N–H and O–H groups in total. The number of fused-ring (bicyclic) bond motifs is 1. The van der Waals surface area contributed by atoms with Crippen LogP contribution in [0.5, 0.6) is 11.5 Å². The van der Waals surface area contributed by atoms with Crippen LogP contribution in [0.1, 0.15) is 42.5 Å². The van der Waals surface area contributed by atoms with Crippen LogP contribution in [0.3, 0.4) is 0 Å². The number of amides is 1. The van der Waals surface area contributed by atoms with Gasteiger partial charge in [0.25, 0.3) is 5.91 Å². The summed E-state index contributed by atoms with van der Waals surface area (Å²) in [4.78, 5) is 24.2. The molecule has 0 heterocycles. The molecule has 3 rings (SSSR count). The number of ether oxygens (including phenoxy) is 3. The first-order chi connectivity index (χ1) is 14.6. The highest BCUT2D eigenvalue weighted by atomic mass is 16.6. The third-order valence-electron chi connectivity index (χ3n) is 4.96. The van der Waals surface area contributed by atoms with Gasteiger partial charge in [0, 0.05) is 0 Å². The summed E-state index contributed by atoms with van der Waals surface area (Å²) in [6.45, 7) is 1.28. The number of nitrogens with one attached hydrogen (secondary N) is 1. The Balaban J connectivity index is 1.47. The number of carbonyl (C=O) groups excluding carboxylic acids is 2. The van der Waals surface area contributed by atoms with Gasteiger partial charge in [-0.25, -0.2) is 4.79 Å². The molecule has 0 unspecified atom stereocenters. The van der Waals surface area contributed by atoms with Gasteiger partial charge in [0.1, 0.15) is 0 Å². The summed E-state index contributed by atoms with van der Waals surface area (Å²) < 4.78 is 15.9. The molecule has 2 aromatic carbocycles. The first kappa shape index (κ1) is 21.4. The fraction of sp³-hybridized carbons (Fsp3) is 0.333. The Hall–Kier alpha value is -3.28. The minimum Gasteiger partial charge on any atom is -0.493 e. The Morgan fingerprint density at radius 1 is 1.13 bits per heavy atom. The maximum Gasteiger partial charge on any atom is 0.344 e. The highest BCUT2D eigenvalue weighted by Gasteiger charge is 2.21. The molecule has 0 saturated carbocycles. The molecule has 2 aromatic rings. The molecule has 0 radical (unpaired) electrons. The number of hydrogen-bond acceptors (Lipinski definition) is 5. The second-order valence-electron chi connectivity index (χ2n) is 7.07. The van der Waals surface area contributed by atoms with E-state index in [2.05, 4.69) is 11.4 Å². The Morgan fingerprint density at radius 2 is 1.97 bits per heavy atom. The van der Waals surface area contributed by atoms with Gasteiger partial charge in [-0.1, -0.05) is 42.5 Å². The van der Waals surface area contributed by atoms with Crippen molar-refractivity contribution in [1.82, 2.24) is 5.32 Å². The number of allylic oxidation sites excluding steroid dienone is 1. The maximum absolute atomic E-state index is 12.2. The van der Waals surface area contributed by atoms with Crippen LogP contribution in [0.15, 0.2) is 48.5 Å². The van der Waals surface area contributed by atoms with Gasteiger partial charge in [0.15, 0.2) is 24.7 Å². The summed E-state index contributed by atoms with van der Waals surface area (Å²) >= 11 is 0. The SMILES string of the molecule is C/C=C/c1ccc(OCC(=O)OCC(=O)N[C@H]2CCCc3ccccc32)c(OC)c1. The van der Waals surface area contributed by atoms with Crippen molar-refractivity contribution >= 4 is 18.0 Å². The molecule has 0 bridgehead atoms. The van der Waals surface area contributed by atoms with Gasteiger partial charge in [-0.15, -0.1) is 0 Å². The quantitative estimate of drug-likeness (QED) is 0.671. The van der Waals surface area contributed by atoms with Crippen molar-refractivity contribution in [3.63, 3.8) is 0 Å². The number of benzene rings is 2. The van der Waals surface area contributed by atoms with E-state index in [1.807, 2.05) is 49.4 Å². The van der Waals surface area contributed by atoms with Gasteiger partial charge in [0.05, 0.1) is 13.2 Å². The van der Waals surface area contributed by atoms with Crippen LogP contribution in [0, 0.1) is 0 Å². The van der Waals surface area contributed by atoms with Gasteiger partial charge in [0.2, 0.25) is 0 Å². The van der Waals surface area contributed by atoms with E-state index in [1.54, 1.807) is 6.07 Å². The minimum absolute atomic E-state index is 0.0441. The Labute approximate surface area is 176 Å². The van der Waals surface area contributed by atoms with Crippen LogP contribution in [0.4, 0.5) is 0 Å². The predicted octanol–water partition coefficient (Wildman–Crippen LogP) is 3.84. The van der Waals surface area contributed by atoms with Crippen molar-refractivity contribution in [2.75, 3.05) is 20.3 Å². The van der Waals surface area contributed by atoms with Crippen molar-refractivity contribution < 1.29 is 23.8 Å². The van der Waals surface area contributed by atoms with Crippen molar-refractivity contribution in [1.29, 1.82) is 0 Å². The standard InChI is InChI=1S/C24H27NO5/c1-3-7-17-12-13-21(22(14-17)28-2)29-16-24(27)30-15-23(26)25-20-11-6-9-18-8-4-5-10-19(18)20/h3-5,7-8,10,12-14,20H,6,9,11,15-16H2,1-2H3,(H,25,26)/b7-3+/t20-/m0/s1. The van der Waals surface area contributed by atoms with Crippen LogP contribution in [-0.2, 0) is 20.7 Å². The van der Waals surface area contributed by atoms with E-state index in [0.717, 1.165) is 30.4 Å². The zero-order valence-electron chi connectivity index (χ0n) is 17.4. The number of rotatable bonds is 8. The summed E-state index contributed by atoms with van der Waals surface area (Å²) in [5.41, 5.74) is 3.36. The van der Waals surface area contributed by atoms with E-state index in [4.69, 9.17) is 14.2 Å². The molecule has 6 nitrogen and oxygen atoms in total. The molecule has 0 spiro atoms. The third kappa shape index (κ3) is 5.63. The molecule has 1 aliphatic carbocycles. The molecular formula is C24H27NO5. The van der Waals surface area contributed by atoms with E-state index in [0.29, 0.717) is 11.5 Å². The van der Waals surface area contributed by atoms with E-state index in [-0.39, 0.29) is 25.2 Å². The minimum atomic E-state index is -0.617. The summed E-state index contributed by atoms with van der Waals surface area (Å²) in [6, 6.07) is 13.5. The van der Waals surface area contributed by atoms with Crippen LogP contribution >= 0.6 is 0 Å².